The van der Waals surface area contributed by atoms with Gasteiger partial charge in [-0.3, -0.25) is 4.99 Å². The van der Waals surface area contributed by atoms with E-state index in [-0.39, 0.29) is 12.4 Å². The van der Waals surface area contributed by atoms with Crippen LogP contribution < -0.4 is 10.6 Å². The molecule has 0 atom stereocenters. The van der Waals surface area contributed by atoms with Crippen molar-refractivity contribution < 1.29 is 22.3 Å². The monoisotopic (exact) mass is 388 g/mol. The van der Waals surface area contributed by atoms with Crippen LogP contribution in [0, 0.1) is 5.82 Å². The molecule has 1 aromatic heterocycles. The summed E-state index contributed by atoms with van der Waals surface area (Å²) >= 11 is 0. The van der Waals surface area contributed by atoms with Crippen molar-refractivity contribution in [1.82, 2.24) is 15.6 Å². The molecule has 150 valence electrons. The highest BCUT2D eigenvalue weighted by molar-refractivity contribution is 5.83. The van der Waals surface area contributed by atoms with Crippen molar-refractivity contribution in [2.45, 2.75) is 25.9 Å². The molecule has 27 heavy (non-hydrogen) atoms. The number of rotatable bonds is 9. The third kappa shape index (κ3) is 7.46. The van der Waals surface area contributed by atoms with Crippen LogP contribution in [-0.2, 0) is 11.2 Å². The second kappa shape index (κ2) is 10.1. The number of H-pyrrole nitrogens is 1. The Balaban J connectivity index is 1.76. The number of nitrogens with zero attached hydrogens (tertiary/aromatic N) is 1. The second-order valence-electron chi connectivity index (χ2n) is 5.96. The van der Waals surface area contributed by atoms with Crippen molar-refractivity contribution >= 4 is 16.9 Å². The van der Waals surface area contributed by atoms with Crippen LogP contribution in [0.2, 0.25) is 0 Å². The molecule has 0 aliphatic heterocycles. The Morgan fingerprint density at radius 3 is 2.81 bits per heavy atom. The third-order valence-electron chi connectivity index (χ3n) is 3.74. The van der Waals surface area contributed by atoms with Gasteiger partial charge >= 0.3 is 6.18 Å². The van der Waals surface area contributed by atoms with Gasteiger partial charge < -0.3 is 20.4 Å². The fourth-order valence-electron chi connectivity index (χ4n) is 2.57. The summed E-state index contributed by atoms with van der Waals surface area (Å²) in [5.74, 6) is 0.314. The first kappa shape index (κ1) is 21.0. The average Bonchev–Trinajstić information content (AvgIpc) is 2.99. The summed E-state index contributed by atoms with van der Waals surface area (Å²) in [4.78, 5) is 7.37. The lowest BCUT2D eigenvalue weighted by Crippen LogP contribution is -2.38. The molecule has 1 heterocycles. The number of aliphatic imine (C=N–C) groups is 1. The van der Waals surface area contributed by atoms with Crippen molar-refractivity contribution in [3.63, 3.8) is 0 Å². The molecule has 0 amide bonds. The Morgan fingerprint density at radius 1 is 1.26 bits per heavy atom. The van der Waals surface area contributed by atoms with Crippen LogP contribution >= 0.6 is 0 Å². The minimum absolute atomic E-state index is 0.00825. The summed E-state index contributed by atoms with van der Waals surface area (Å²) in [6.07, 6.45) is -1.33. The summed E-state index contributed by atoms with van der Waals surface area (Å²) in [7, 11) is 0. The summed E-state index contributed by atoms with van der Waals surface area (Å²) in [6, 6.07) is 4.63. The molecule has 0 unspecified atom stereocenters. The third-order valence-corrected chi connectivity index (χ3v) is 3.74. The molecular formula is C18H24F4N4O. The normalized spacial score (nSPS) is 12.6. The molecule has 0 radical (unpaired) electrons. The maximum absolute atomic E-state index is 13.2. The van der Waals surface area contributed by atoms with Crippen LogP contribution in [0.25, 0.3) is 10.9 Å². The summed E-state index contributed by atoms with van der Waals surface area (Å²) in [5.41, 5.74) is 1.82. The molecular weight excluding hydrogens is 364 g/mol. The molecule has 0 saturated carbocycles. The highest BCUT2D eigenvalue weighted by atomic mass is 19.4. The Kier molecular flexibility index (Phi) is 7.90. The van der Waals surface area contributed by atoms with E-state index in [2.05, 4.69) is 25.3 Å². The molecule has 1 aromatic carbocycles. The number of benzene rings is 1. The zero-order chi connectivity index (χ0) is 19.7. The van der Waals surface area contributed by atoms with Crippen molar-refractivity contribution in [2.75, 3.05) is 32.8 Å². The van der Waals surface area contributed by atoms with Crippen LogP contribution in [0.5, 0.6) is 0 Å². The van der Waals surface area contributed by atoms with E-state index in [9.17, 15) is 17.6 Å². The van der Waals surface area contributed by atoms with E-state index in [1.54, 1.807) is 6.07 Å². The molecule has 0 saturated heterocycles. The predicted molar refractivity (Wildman–Crippen MR) is 97.4 cm³/mol. The quantitative estimate of drug-likeness (QED) is 0.267. The number of halogens is 4. The molecule has 0 fully saturated rings. The lowest BCUT2D eigenvalue weighted by Gasteiger charge is -2.11. The molecule has 2 aromatic rings. The van der Waals surface area contributed by atoms with Crippen molar-refractivity contribution in [1.29, 1.82) is 0 Å². The minimum atomic E-state index is -4.30. The van der Waals surface area contributed by atoms with E-state index >= 15 is 0 Å². The van der Waals surface area contributed by atoms with E-state index in [1.807, 2.05) is 13.1 Å². The zero-order valence-corrected chi connectivity index (χ0v) is 15.1. The number of ether oxygens (including phenoxy) is 1. The van der Waals surface area contributed by atoms with Gasteiger partial charge in [0, 0.05) is 43.3 Å². The van der Waals surface area contributed by atoms with Gasteiger partial charge in [-0.25, -0.2) is 4.39 Å². The topological polar surface area (TPSA) is 61.4 Å². The Morgan fingerprint density at radius 2 is 2.07 bits per heavy atom. The Bertz CT molecular complexity index is 743. The molecule has 0 aliphatic rings. The lowest BCUT2D eigenvalue weighted by atomic mass is 10.1. The Labute approximate surface area is 155 Å². The molecule has 0 bridgehead atoms. The molecule has 2 rings (SSSR count). The molecule has 5 nitrogen and oxygen atoms in total. The van der Waals surface area contributed by atoms with E-state index in [1.165, 1.54) is 12.1 Å². The fourth-order valence-corrected chi connectivity index (χ4v) is 2.57. The summed E-state index contributed by atoms with van der Waals surface area (Å²) in [6.45, 7) is 2.35. The number of guanidine groups is 1. The van der Waals surface area contributed by atoms with Gasteiger partial charge in [0.15, 0.2) is 5.96 Å². The smallest absolute Gasteiger partial charge is 0.372 e. The highest BCUT2D eigenvalue weighted by Gasteiger charge is 2.27. The van der Waals surface area contributed by atoms with Gasteiger partial charge in [0.1, 0.15) is 12.4 Å². The second-order valence-corrected chi connectivity index (χ2v) is 5.96. The van der Waals surface area contributed by atoms with Gasteiger partial charge in [-0.15, -0.1) is 0 Å². The van der Waals surface area contributed by atoms with Crippen LogP contribution in [0.1, 0.15) is 18.9 Å². The van der Waals surface area contributed by atoms with Gasteiger partial charge in [0.05, 0.1) is 0 Å². The van der Waals surface area contributed by atoms with Crippen molar-refractivity contribution in [3.8, 4) is 0 Å². The number of alkyl halides is 3. The van der Waals surface area contributed by atoms with Gasteiger partial charge in [-0.2, -0.15) is 13.2 Å². The number of fused-ring (bicyclic) bond motifs is 1. The van der Waals surface area contributed by atoms with Crippen molar-refractivity contribution in [2.24, 2.45) is 4.99 Å². The minimum Gasteiger partial charge on any atom is -0.372 e. The van der Waals surface area contributed by atoms with E-state index in [0.29, 0.717) is 38.4 Å². The van der Waals surface area contributed by atoms with Crippen LogP contribution in [0.3, 0.4) is 0 Å². The maximum atomic E-state index is 13.2. The number of aromatic amines is 1. The average molecular weight is 388 g/mol. The van der Waals surface area contributed by atoms with E-state index in [4.69, 9.17) is 0 Å². The van der Waals surface area contributed by atoms with E-state index in [0.717, 1.165) is 16.5 Å². The molecule has 0 aliphatic carbocycles. The Hall–Kier alpha value is -2.29. The number of hydrogen-bond acceptors (Lipinski definition) is 2. The van der Waals surface area contributed by atoms with Gasteiger partial charge in [-0.1, -0.05) is 0 Å². The van der Waals surface area contributed by atoms with Crippen molar-refractivity contribution in [3.05, 3.63) is 35.8 Å². The van der Waals surface area contributed by atoms with Gasteiger partial charge in [-0.05, 0) is 43.5 Å². The molecule has 0 spiro atoms. The van der Waals surface area contributed by atoms with Gasteiger partial charge in [0.2, 0.25) is 0 Å². The summed E-state index contributed by atoms with van der Waals surface area (Å²) < 4.78 is 53.7. The predicted octanol–water partition coefficient (Wildman–Crippen LogP) is 3.37. The number of hydrogen-bond donors (Lipinski definition) is 3. The van der Waals surface area contributed by atoms with Crippen LogP contribution in [0.4, 0.5) is 17.6 Å². The lowest BCUT2D eigenvalue weighted by molar-refractivity contribution is -0.173. The summed E-state index contributed by atoms with van der Waals surface area (Å²) in [5, 5.41) is 7.24. The van der Waals surface area contributed by atoms with E-state index < -0.39 is 12.8 Å². The first-order chi connectivity index (χ1) is 12.9. The maximum Gasteiger partial charge on any atom is 0.411 e. The SMILES string of the molecule is CCNC(=NCCCOCC(F)(F)F)NCCc1c[nH]c2cc(F)ccc12. The van der Waals surface area contributed by atoms with Crippen LogP contribution in [0.15, 0.2) is 29.4 Å². The molecule has 3 N–H and O–H groups in total. The number of aromatic nitrogens is 1. The van der Waals surface area contributed by atoms with Crippen LogP contribution in [-0.4, -0.2) is 50.0 Å². The first-order valence-corrected chi connectivity index (χ1v) is 8.81. The van der Waals surface area contributed by atoms with Gasteiger partial charge in [0.25, 0.3) is 0 Å². The highest BCUT2D eigenvalue weighted by Crippen LogP contribution is 2.19. The fraction of sp³-hybridized carbons (Fsp3) is 0.500. The first-order valence-electron chi connectivity index (χ1n) is 8.81. The largest absolute Gasteiger partial charge is 0.411 e. The number of nitrogens with one attached hydrogen (secondary N) is 3. The molecule has 9 heteroatoms. The standard InChI is InChI=1S/C18H24F4N4O/c1-2-23-17(24-7-3-9-27-12-18(20,21)22)25-8-6-13-11-26-16-10-14(19)4-5-15(13)16/h4-5,10-11,26H,2-3,6-9,12H2,1H3,(H2,23,24,25). The zero-order valence-electron chi connectivity index (χ0n) is 15.1.